The molecule has 1 saturated heterocycles. The molecule has 3 heterocycles. The summed E-state index contributed by atoms with van der Waals surface area (Å²) >= 11 is 13.3. The van der Waals surface area contributed by atoms with Gasteiger partial charge in [-0.3, -0.25) is 14.3 Å². The summed E-state index contributed by atoms with van der Waals surface area (Å²) in [4.78, 5) is 38.5. The molecule has 3 aromatic rings. The molecule has 0 bridgehead atoms. The van der Waals surface area contributed by atoms with Crippen LogP contribution in [-0.2, 0) is 21.1 Å². The van der Waals surface area contributed by atoms with Crippen molar-refractivity contribution in [2.45, 2.75) is 38.1 Å². The topological polar surface area (TPSA) is 133 Å². The van der Waals surface area contributed by atoms with Crippen LogP contribution < -0.4 is 15.0 Å². The molecule has 0 atom stereocenters. The Morgan fingerprint density at radius 3 is 2.12 bits per heavy atom. The fourth-order valence-corrected chi connectivity index (χ4v) is 5.75. The van der Waals surface area contributed by atoms with Crippen LogP contribution in [0.3, 0.4) is 0 Å². The van der Waals surface area contributed by atoms with Crippen molar-refractivity contribution in [1.82, 2.24) is 24.3 Å². The SMILES string of the molecule is COc1cc(OC)c(Cl)c(-c2cc3cnc(S(C)(=O)=O)nc3n(CCN3CCN(C(=O)OC(C)(C)C)CC3)c2=O)c1Cl. The van der Waals surface area contributed by atoms with E-state index < -0.39 is 26.2 Å². The van der Waals surface area contributed by atoms with Crippen molar-refractivity contribution in [3.05, 3.63) is 38.7 Å². The lowest BCUT2D eigenvalue weighted by atomic mass is 10.0. The van der Waals surface area contributed by atoms with Gasteiger partial charge in [-0.1, -0.05) is 23.2 Å². The van der Waals surface area contributed by atoms with E-state index in [2.05, 4.69) is 14.9 Å². The van der Waals surface area contributed by atoms with Crippen LogP contribution in [0.2, 0.25) is 10.0 Å². The predicted octanol–water partition coefficient (Wildman–Crippen LogP) is 3.74. The molecule has 0 radical (unpaired) electrons. The number of ether oxygens (including phenoxy) is 3. The number of benzene rings is 1. The van der Waals surface area contributed by atoms with E-state index in [0.29, 0.717) is 38.1 Å². The zero-order chi connectivity index (χ0) is 31.0. The Balaban J connectivity index is 1.74. The van der Waals surface area contributed by atoms with E-state index in [4.69, 9.17) is 37.4 Å². The maximum Gasteiger partial charge on any atom is 0.410 e. The van der Waals surface area contributed by atoms with Crippen LogP contribution in [0, 0.1) is 0 Å². The summed E-state index contributed by atoms with van der Waals surface area (Å²) in [6.07, 6.45) is 1.97. The second kappa shape index (κ2) is 12.2. The molecule has 1 aliphatic rings. The molecule has 1 aromatic carbocycles. The molecule has 15 heteroatoms. The first-order valence-electron chi connectivity index (χ1n) is 13.1. The molecular weight excluding hydrogens is 609 g/mol. The number of pyridine rings is 1. The van der Waals surface area contributed by atoms with E-state index in [1.807, 2.05) is 20.8 Å². The highest BCUT2D eigenvalue weighted by molar-refractivity contribution is 7.90. The average Bonchev–Trinajstić information content (AvgIpc) is 2.91. The molecular formula is C27H33Cl2N5O7S. The monoisotopic (exact) mass is 641 g/mol. The van der Waals surface area contributed by atoms with Gasteiger partial charge in [0.05, 0.1) is 29.8 Å². The number of rotatable bonds is 7. The third kappa shape index (κ3) is 6.74. The van der Waals surface area contributed by atoms with E-state index in [1.165, 1.54) is 37.1 Å². The predicted molar refractivity (Wildman–Crippen MR) is 160 cm³/mol. The molecule has 12 nitrogen and oxygen atoms in total. The maximum atomic E-state index is 14.1. The maximum absolute atomic E-state index is 14.1. The normalized spacial score (nSPS) is 14.7. The average molecular weight is 643 g/mol. The molecule has 228 valence electrons. The fourth-order valence-electron chi connectivity index (χ4n) is 4.55. The van der Waals surface area contributed by atoms with E-state index >= 15 is 0 Å². The summed E-state index contributed by atoms with van der Waals surface area (Å²) in [6.45, 7) is 8.06. The van der Waals surface area contributed by atoms with Gasteiger partial charge in [-0.15, -0.1) is 0 Å². The summed E-state index contributed by atoms with van der Waals surface area (Å²) in [7, 11) is -0.892. The van der Waals surface area contributed by atoms with Crippen molar-refractivity contribution in [2.24, 2.45) is 0 Å². The van der Waals surface area contributed by atoms with Crippen molar-refractivity contribution < 1.29 is 27.4 Å². The van der Waals surface area contributed by atoms with Gasteiger partial charge < -0.3 is 19.1 Å². The number of fused-ring (bicyclic) bond motifs is 1. The number of aromatic nitrogens is 3. The second-order valence-corrected chi connectivity index (χ2v) is 13.5. The van der Waals surface area contributed by atoms with Crippen LogP contribution in [0.4, 0.5) is 4.79 Å². The van der Waals surface area contributed by atoms with Crippen LogP contribution in [0.15, 0.2) is 28.3 Å². The summed E-state index contributed by atoms with van der Waals surface area (Å²) in [5.41, 5.74) is -0.596. The smallest absolute Gasteiger partial charge is 0.410 e. The molecule has 1 amide bonds. The van der Waals surface area contributed by atoms with Crippen molar-refractivity contribution in [3.63, 3.8) is 0 Å². The van der Waals surface area contributed by atoms with Crippen molar-refractivity contribution in [3.8, 4) is 22.6 Å². The van der Waals surface area contributed by atoms with Gasteiger partial charge in [-0.2, -0.15) is 4.98 Å². The minimum absolute atomic E-state index is 0.109. The van der Waals surface area contributed by atoms with Crippen molar-refractivity contribution >= 4 is 50.2 Å². The number of piperazine rings is 1. The van der Waals surface area contributed by atoms with Gasteiger partial charge in [-0.25, -0.2) is 18.2 Å². The summed E-state index contributed by atoms with van der Waals surface area (Å²) in [5, 5.41) is 0.220. The number of sulfone groups is 1. The minimum atomic E-state index is -3.75. The van der Waals surface area contributed by atoms with Gasteiger partial charge in [0.25, 0.3) is 5.56 Å². The molecule has 0 N–H and O–H groups in total. The molecule has 0 unspecified atom stereocenters. The number of carbonyl (C=O) groups excluding carboxylic acids is 1. The quantitative estimate of drug-likeness (QED) is 0.351. The third-order valence-electron chi connectivity index (χ3n) is 6.64. The first kappa shape index (κ1) is 31.8. The van der Waals surface area contributed by atoms with Gasteiger partial charge in [0.1, 0.15) is 22.7 Å². The lowest BCUT2D eigenvalue weighted by Gasteiger charge is -2.35. The molecule has 1 aliphatic heterocycles. The number of amides is 1. The van der Waals surface area contributed by atoms with Crippen LogP contribution >= 0.6 is 23.2 Å². The standard InChI is InChI=1S/C27H33Cl2N5O7S/c1-27(2,3)41-26(36)33-10-7-32(8-11-33)9-12-34-23-16(15-30-25(31-23)42(6,37)38)13-17(24(34)35)20-21(28)18(39-4)14-19(40-5)22(20)29/h13-15H,7-12H2,1-6H3. The first-order valence-corrected chi connectivity index (χ1v) is 15.7. The molecule has 1 fully saturated rings. The molecule has 4 rings (SSSR count). The Hall–Kier alpha value is -3.13. The summed E-state index contributed by atoms with van der Waals surface area (Å²) < 4.78 is 42.1. The van der Waals surface area contributed by atoms with Crippen LogP contribution in [0.1, 0.15) is 20.8 Å². The number of hydrogen-bond donors (Lipinski definition) is 0. The highest BCUT2D eigenvalue weighted by atomic mass is 35.5. The van der Waals surface area contributed by atoms with Gasteiger partial charge in [-0.05, 0) is 26.8 Å². The Bertz CT molecular complexity index is 1650. The van der Waals surface area contributed by atoms with Gasteiger partial charge in [0.2, 0.25) is 15.0 Å². The Morgan fingerprint density at radius 1 is 1.00 bits per heavy atom. The lowest BCUT2D eigenvalue weighted by Crippen LogP contribution is -2.50. The highest BCUT2D eigenvalue weighted by Crippen LogP contribution is 2.45. The molecule has 0 aliphatic carbocycles. The van der Waals surface area contributed by atoms with E-state index in [9.17, 15) is 18.0 Å². The van der Waals surface area contributed by atoms with Crippen LogP contribution in [-0.4, -0.2) is 97.6 Å². The fraction of sp³-hybridized carbons (Fsp3) is 0.481. The highest BCUT2D eigenvalue weighted by Gasteiger charge is 2.27. The molecule has 2 aromatic heterocycles. The van der Waals surface area contributed by atoms with E-state index in [0.717, 1.165) is 6.26 Å². The van der Waals surface area contributed by atoms with Crippen molar-refractivity contribution in [1.29, 1.82) is 0 Å². The summed E-state index contributed by atoms with van der Waals surface area (Å²) in [5.74, 6) is 0.510. The van der Waals surface area contributed by atoms with Crippen LogP contribution in [0.5, 0.6) is 11.5 Å². The molecule has 0 spiro atoms. The van der Waals surface area contributed by atoms with Crippen LogP contribution in [0.25, 0.3) is 22.2 Å². The zero-order valence-corrected chi connectivity index (χ0v) is 26.6. The summed E-state index contributed by atoms with van der Waals surface area (Å²) in [6, 6.07) is 3.04. The number of methoxy groups -OCH3 is 2. The number of halogens is 2. The Labute approximate surface area is 254 Å². The first-order chi connectivity index (χ1) is 19.6. The second-order valence-electron chi connectivity index (χ2n) is 10.8. The largest absolute Gasteiger partial charge is 0.495 e. The minimum Gasteiger partial charge on any atom is -0.495 e. The molecule has 42 heavy (non-hydrogen) atoms. The van der Waals surface area contributed by atoms with Crippen molar-refractivity contribution in [2.75, 3.05) is 53.2 Å². The zero-order valence-electron chi connectivity index (χ0n) is 24.2. The third-order valence-corrected chi connectivity index (χ3v) is 8.25. The Morgan fingerprint density at radius 2 is 1.60 bits per heavy atom. The Kier molecular flexibility index (Phi) is 9.26. The number of nitrogens with zero attached hydrogens (tertiary/aromatic N) is 5. The van der Waals surface area contributed by atoms with E-state index in [1.54, 1.807) is 4.90 Å². The number of hydrogen-bond acceptors (Lipinski definition) is 10. The van der Waals surface area contributed by atoms with Gasteiger partial charge in [0, 0.05) is 68.7 Å². The van der Waals surface area contributed by atoms with Gasteiger partial charge in [0.15, 0.2) is 0 Å². The molecule has 0 saturated carbocycles. The van der Waals surface area contributed by atoms with E-state index in [-0.39, 0.29) is 51.0 Å². The lowest BCUT2D eigenvalue weighted by molar-refractivity contribution is 0.0143. The van der Waals surface area contributed by atoms with Gasteiger partial charge >= 0.3 is 6.09 Å². The number of carbonyl (C=O) groups is 1.